The number of aromatic nitrogens is 1. The van der Waals surface area contributed by atoms with Gasteiger partial charge in [0.05, 0.1) is 25.5 Å². The maximum absolute atomic E-state index is 16.3. The summed E-state index contributed by atoms with van der Waals surface area (Å²) in [6.07, 6.45) is 3.67. The molecule has 9 heteroatoms. The van der Waals surface area contributed by atoms with Gasteiger partial charge in [-0.3, -0.25) is 4.79 Å². The number of hydrogen-bond donors (Lipinski definition) is 0. The molecule has 0 aliphatic rings. The quantitative estimate of drug-likeness (QED) is 0.175. The van der Waals surface area contributed by atoms with E-state index < -0.39 is 40.8 Å². The van der Waals surface area contributed by atoms with Gasteiger partial charge in [-0.2, -0.15) is 8.78 Å². The first-order valence-corrected chi connectivity index (χ1v) is 14.4. The molecule has 0 bridgehead atoms. The van der Waals surface area contributed by atoms with E-state index in [9.17, 15) is 18.4 Å². The SMILES string of the molecule is CCOC(=O)c1cn(C(CC)C(C)(C)COCc2ccccc2)c(/C(=C/c2c(C)cccc2OC(F)F)CC)c(F)c1=O. The summed E-state index contributed by atoms with van der Waals surface area (Å²) in [4.78, 5) is 26.0. The molecule has 232 valence electrons. The van der Waals surface area contributed by atoms with Gasteiger partial charge in [0.1, 0.15) is 11.3 Å². The van der Waals surface area contributed by atoms with Gasteiger partial charge in [-0.25, -0.2) is 9.18 Å². The minimum atomic E-state index is -3.06. The molecule has 1 unspecified atom stereocenters. The molecule has 3 aromatic rings. The zero-order chi connectivity index (χ0) is 31.7. The number of ether oxygens (including phenoxy) is 3. The van der Waals surface area contributed by atoms with E-state index in [1.807, 2.05) is 51.1 Å². The van der Waals surface area contributed by atoms with Gasteiger partial charge in [0, 0.05) is 23.2 Å². The number of alkyl halides is 2. The summed E-state index contributed by atoms with van der Waals surface area (Å²) in [5, 5.41) is 0. The second-order valence-electron chi connectivity index (χ2n) is 10.9. The number of benzene rings is 2. The number of esters is 1. The smallest absolute Gasteiger partial charge is 0.387 e. The van der Waals surface area contributed by atoms with Crippen molar-refractivity contribution in [1.29, 1.82) is 0 Å². The van der Waals surface area contributed by atoms with Crippen LogP contribution in [0.15, 0.2) is 59.5 Å². The van der Waals surface area contributed by atoms with E-state index >= 15 is 4.39 Å². The van der Waals surface area contributed by atoms with Crippen molar-refractivity contribution < 1.29 is 32.2 Å². The third-order valence-electron chi connectivity index (χ3n) is 7.39. The van der Waals surface area contributed by atoms with Gasteiger partial charge < -0.3 is 18.8 Å². The summed E-state index contributed by atoms with van der Waals surface area (Å²) in [7, 11) is 0. The first-order valence-electron chi connectivity index (χ1n) is 14.4. The van der Waals surface area contributed by atoms with Gasteiger partial charge >= 0.3 is 12.6 Å². The summed E-state index contributed by atoms with van der Waals surface area (Å²) in [5.41, 5.74) is 0.197. The predicted molar refractivity (Wildman–Crippen MR) is 162 cm³/mol. The van der Waals surface area contributed by atoms with Crippen LogP contribution in [0.3, 0.4) is 0 Å². The lowest BCUT2D eigenvalue weighted by molar-refractivity contribution is -0.0500. The van der Waals surface area contributed by atoms with Crippen LogP contribution in [-0.2, 0) is 16.1 Å². The average molecular weight is 600 g/mol. The molecule has 3 rings (SSSR count). The van der Waals surface area contributed by atoms with Crippen molar-refractivity contribution in [1.82, 2.24) is 4.57 Å². The van der Waals surface area contributed by atoms with Crippen LogP contribution in [0.2, 0.25) is 0 Å². The van der Waals surface area contributed by atoms with Crippen molar-refractivity contribution in [3.05, 3.63) is 98.7 Å². The number of nitrogens with zero attached hydrogens (tertiary/aromatic N) is 1. The first-order chi connectivity index (χ1) is 20.4. The molecule has 0 saturated carbocycles. The van der Waals surface area contributed by atoms with Crippen LogP contribution >= 0.6 is 0 Å². The molecule has 0 aliphatic carbocycles. The molecule has 1 aromatic heterocycles. The van der Waals surface area contributed by atoms with Crippen molar-refractivity contribution in [3.8, 4) is 5.75 Å². The van der Waals surface area contributed by atoms with E-state index in [1.165, 1.54) is 12.3 Å². The molecule has 0 amide bonds. The van der Waals surface area contributed by atoms with Gasteiger partial charge in [-0.15, -0.1) is 0 Å². The van der Waals surface area contributed by atoms with Crippen molar-refractivity contribution in [2.24, 2.45) is 5.41 Å². The van der Waals surface area contributed by atoms with Crippen LogP contribution in [0.4, 0.5) is 13.2 Å². The number of carbonyl (C=O) groups is 1. The molecule has 0 aliphatic heterocycles. The molecule has 1 heterocycles. The average Bonchev–Trinajstić information content (AvgIpc) is 2.96. The van der Waals surface area contributed by atoms with Gasteiger partial charge in [-0.1, -0.05) is 70.2 Å². The highest BCUT2D eigenvalue weighted by Gasteiger charge is 2.34. The van der Waals surface area contributed by atoms with Gasteiger partial charge in [0.2, 0.25) is 5.43 Å². The largest absolute Gasteiger partial charge is 0.462 e. The fraction of sp³-hybridized carbons (Fsp3) is 0.412. The molecule has 0 fully saturated rings. The minimum Gasteiger partial charge on any atom is -0.462 e. The Hall–Kier alpha value is -3.85. The summed E-state index contributed by atoms with van der Waals surface area (Å²) in [6.45, 7) is 8.60. The number of halogens is 3. The fourth-order valence-corrected chi connectivity index (χ4v) is 5.29. The van der Waals surface area contributed by atoms with Crippen molar-refractivity contribution in [3.63, 3.8) is 0 Å². The van der Waals surface area contributed by atoms with Crippen LogP contribution in [0, 0.1) is 18.2 Å². The molecule has 6 nitrogen and oxygen atoms in total. The third kappa shape index (κ3) is 8.16. The normalized spacial score (nSPS) is 12.8. The highest BCUT2D eigenvalue weighted by atomic mass is 19.3. The number of allylic oxidation sites excluding steroid dienone is 1. The van der Waals surface area contributed by atoms with E-state index in [-0.39, 0.29) is 31.1 Å². The van der Waals surface area contributed by atoms with Crippen molar-refractivity contribution >= 4 is 17.6 Å². The Balaban J connectivity index is 2.21. The lowest BCUT2D eigenvalue weighted by Gasteiger charge is -2.37. The molecule has 0 N–H and O–H groups in total. The molecule has 0 spiro atoms. The lowest BCUT2D eigenvalue weighted by atomic mass is 9.82. The molecule has 1 atom stereocenters. The number of aryl methyl sites for hydroxylation is 1. The topological polar surface area (TPSA) is 66.8 Å². The zero-order valence-corrected chi connectivity index (χ0v) is 25.6. The number of pyridine rings is 1. The van der Waals surface area contributed by atoms with Crippen LogP contribution < -0.4 is 10.2 Å². The Bertz CT molecular complexity index is 1480. The van der Waals surface area contributed by atoms with Crippen LogP contribution in [0.5, 0.6) is 5.75 Å². The Labute approximate surface area is 251 Å². The maximum Gasteiger partial charge on any atom is 0.387 e. The highest BCUT2D eigenvalue weighted by molar-refractivity contribution is 5.90. The van der Waals surface area contributed by atoms with Crippen LogP contribution in [0.25, 0.3) is 11.6 Å². The third-order valence-corrected chi connectivity index (χ3v) is 7.39. The fourth-order valence-electron chi connectivity index (χ4n) is 5.29. The standard InChI is InChI=1S/C34H40F3NO5/c1-7-24(18-25-22(4)14-13-17-27(25)43-33(36)37)30-29(35)31(39)26(32(40)42-9-3)19-38(30)28(8-2)34(5,6)21-41-20-23-15-11-10-12-16-23/h10-19,28,33H,7-9,20-21H2,1-6H3/b24-18+. The number of rotatable bonds is 14. The summed E-state index contributed by atoms with van der Waals surface area (Å²) in [5.74, 6) is -2.11. The monoisotopic (exact) mass is 599 g/mol. The summed E-state index contributed by atoms with van der Waals surface area (Å²) >= 11 is 0. The Kier molecular flexibility index (Phi) is 11.8. The van der Waals surface area contributed by atoms with E-state index in [2.05, 4.69) is 0 Å². The van der Waals surface area contributed by atoms with Crippen molar-refractivity contribution in [2.75, 3.05) is 13.2 Å². The second-order valence-corrected chi connectivity index (χ2v) is 10.9. The predicted octanol–water partition coefficient (Wildman–Crippen LogP) is 8.22. The molecule has 0 radical (unpaired) electrons. The van der Waals surface area contributed by atoms with Crippen molar-refractivity contribution in [2.45, 2.75) is 73.6 Å². The molecular formula is C34H40F3NO5. The molecule has 2 aromatic carbocycles. The lowest BCUT2D eigenvalue weighted by Crippen LogP contribution is -2.35. The summed E-state index contributed by atoms with van der Waals surface area (Å²) in [6, 6.07) is 14.0. The van der Waals surface area contributed by atoms with Gasteiger partial charge in [0.25, 0.3) is 0 Å². The Morgan fingerprint density at radius 2 is 1.74 bits per heavy atom. The summed E-state index contributed by atoms with van der Waals surface area (Å²) < 4.78 is 60.2. The van der Waals surface area contributed by atoms with Gasteiger partial charge in [0.15, 0.2) is 5.82 Å². The Morgan fingerprint density at radius 3 is 2.35 bits per heavy atom. The molecule has 43 heavy (non-hydrogen) atoms. The van der Waals surface area contributed by atoms with E-state index in [0.717, 1.165) is 5.56 Å². The van der Waals surface area contributed by atoms with E-state index in [1.54, 1.807) is 43.5 Å². The maximum atomic E-state index is 16.3. The minimum absolute atomic E-state index is 0.0119. The second kappa shape index (κ2) is 15.0. The number of hydrogen-bond acceptors (Lipinski definition) is 5. The van der Waals surface area contributed by atoms with Crippen LogP contribution in [0.1, 0.15) is 86.2 Å². The van der Waals surface area contributed by atoms with E-state index in [4.69, 9.17) is 14.2 Å². The number of carbonyl (C=O) groups excluding carboxylic acids is 1. The van der Waals surface area contributed by atoms with Gasteiger partial charge in [-0.05, 0) is 55.5 Å². The Morgan fingerprint density at radius 1 is 1.05 bits per heavy atom. The molecule has 0 saturated heterocycles. The van der Waals surface area contributed by atoms with Crippen LogP contribution in [-0.4, -0.2) is 30.4 Å². The van der Waals surface area contributed by atoms with E-state index in [0.29, 0.717) is 29.7 Å². The highest BCUT2D eigenvalue weighted by Crippen LogP contribution is 2.39. The molecular weight excluding hydrogens is 559 g/mol. The zero-order valence-electron chi connectivity index (χ0n) is 25.6. The first kappa shape index (κ1) is 33.6.